The van der Waals surface area contributed by atoms with Gasteiger partial charge in [0.15, 0.2) is 5.17 Å². The summed E-state index contributed by atoms with van der Waals surface area (Å²) in [5.41, 5.74) is -1.26. The number of rotatable bonds is 1. The first-order chi connectivity index (χ1) is 9.21. The number of amidine groups is 1. The second-order valence-corrected chi connectivity index (χ2v) is 5.98. The Morgan fingerprint density at radius 3 is 2.60 bits per heavy atom. The van der Waals surface area contributed by atoms with E-state index in [0.29, 0.717) is 5.17 Å². The Morgan fingerprint density at radius 1 is 1.40 bits per heavy atom. The largest absolute Gasteiger partial charge is 0.417 e. The van der Waals surface area contributed by atoms with Crippen LogP contribution < -0.4 is 5.32 Å². The second-order valence-electron chi connectivity index (χ2n) is 5.01. The van der Waals surface area contributed by atoms with Gasteiger partial charge in [-0.05, 0) is 32.0 Å². The Hall–Kier alpha value is -1.68. The third-order valence-electron chi connectivity index (χ3n) is 2.66. The van der Waals surface area contributed by atoms with E-state index in [-0.39, 0.29) is 16.8 Å². The van der Waals surface area contributed by atoms with E-state index < -0.39 is 11.7 Å². The lowest BCUT2D eigenvalue weighted by atomic mass is 10.1. The molecule has 0 bridgehead atoms. The van der Waals surface area contributed by atoms with Gasteiger partial charge in [-0.15, -0.1) is 0 Å². The van der Waals surface area contributed by atoms with Gasteiger partial charge in [0, 0.05) is 11.4 Å². The molecule has 0 spiro atoms. The van der Waals surface area contributed by atoms with Crippen LogP contribution in [0.3, 0.4) is 0 Å². The lowest BCUT2D eigenvalue weighted by Gasteiger charge is -2.12. The van der Waals surface area contributed by atoms with Crippen molar-refractivity contribution in [2.24, 2.45) is 4.99 Å². The number of hydrogen-bond acceptors (Lipinski definition) is 4. The summed E-state index contributed by atoms with van der Waals surface area (Å²) in [7, 11) is 0. The molecule has 0 saturated heterocycles. The molecule has 0 unspecified atom stereocenters. The van der Waals surface area contributed by atoms with Crippen LogP contribution in [0.4, 0.5) is 18.9 Å². The van der Waals surface area contributed by atoms with E-state index in [4.69, 9.17) is 5.26 Å². The number of thioether (sulfide) groups is 1. The van der Waals surface area contributed by atoms with Crippen LogP contribution in [0.2, 0.25) is 0 Å². The van der Waals surface area contributed by atoms with Gasteiger partial charge in [-0.2, -0.15) is 18.4 Å². The molecule has 1 aromatic rings. The smallest absolute Gasteiger partial charge is 0.335 e. The maximum absolute atomic E-state index is 12.8. The van der Waals surface area contributed by atoms with Gasteiger partial charge < -0.3 is 5.32 Å². The van der Waals surface area contributed by atoms with Crippen LogP contribution in [0.25, 0.3) is 0 Å². The van der Waals surface area contributed by atoms with Crippen LogP contribution in [-0.4, -0.2) is 16.5 Å². The van der Waals surface area contributed by atoms with Crippen molar-refractivity contribution in [1.82, 2.24) is 0 Å². The molecule has 0 amide bonds. The van der Waals surface area contributed by atoms with Crippen LogP contribution in [-0.2, 0) is 6.18 Å². The number of halogens is 3. The number of nitrogens with zero attached hydrogens (tertiary/aromatic N) is 2. The van der Waals surface area contributed by atoms with Crippen molar-refractivity contribution in [3.8, 4) is 6.07 Å². The van der Waals surface area contributed by atoms with Crippen LogP contribution in [0.5, 0.6) is 0 Å². The molecule has 0 atom stereocenters. The molecule has 0 saturated carbocycles. The molecule has 1 aromatic carbocycles. The molecule has 0 aromatic heterocycles. The monoisotopic (exact) mass is 299 g/mol. The Balaban J connectivity index is 2.29. The Kier molecular flexibility index (Phi) is 3.69. The first kappa shape index (κ1) is 14.7. The number of alkyl halides is 3. The summed E-state index contributed by atoms with van der Waals surface area (Å²) in [4.78, 5) is 4.37. The lowest BCUT2D eigenvalue weighted by molar-refractivity contribution is -0.137. The van der Waals surface area contributed by atoms with Crippen molar-refractivity contribution in [2.75, 3.05) is 11.1 Å². The van der Waals surface area contributed by atoms with Crippen LogP contribution in [0, 0.1) is 11.3 Å². The van der Waals surface area contributed by atoms with Crippen LogP contribution in [0.15, 0.2) is 23.2 Å². The summed E-state index contributed by atoms with van der Waals surface area (Å²) in [6.07, 6.45) is -4.55. The highest BCUT2D eigenvalue weighted by Gasteiger charge is 2.34. The lowest BCUT2D eigenvalue weighted by Crippen LogP contribution is -2.15. The van der Waals surface area contributed by atoms with E-state index in [9.17, 15) is 13.2 Å². The normalized spacial score (nSPS) is 17.5. The fourth-order valence-corrected chi connectivity index (χ4v) is 2.78. The molecule has 1 aliphatic heterocycles. The molecule has 106 valence electrons. The SMILES string of the molecule is CC1(C)CSC(Nc2ccc(C#N)c(C(F)(F)F)c2)=N1. The third kappa shape index (κ3) is 3.25. The van der Waals surface area contributed by atoms with Gasteiger partial charge in [0.05, 0.1) is 22.7 Å². The van der Waals surface area contributed by atoms with Crippen molar-refractivity contribution in [3.63, 3.8) is 0 Å². The average molecular weight is 299 g/mol. The van der Waals surface area contributed by atoms with Gasteiger partial charge in [0.25, 0.3) is 0 Å². The number of benzene rings is 1. The molecule has 2 rings (SSSR count). The molecule has 1 N–H and O–H groups in total. The molecule has 20 heavy (non-hydrogen) atoms. The van der Waals surface area contributed by atoms with E-state index >= 15 is 0 Å². The topological polar surface area (TPSA) is 48.2 Å². The highest BCUT2D eigenvalue weighted by Crippen LogP contribution is 2.34. The minimum Gasteiger partial charge on any atom is -0.335 e. The zero-order valence-corrected chi connectivity index (χ0v) is 11.7. The summed E-state index contributed by atoms with van der Waals surface area (Å²) in [5.74, 6) is 0.776. The number of hydrogen-bond donors (Lipinski definition) is 1. The van der Waals surface area contributed by atoms with Gasteiger partial charge in [-0.1, -0.05) is 11.8 Å². The third-order valence-corrected chi connectivity index (χ3v) is 3.98. The van der Waals surface area contributed by atoms with Gasteiger partial charge >= 0.3 is 6.18 Å². The summed E-state index contributed by atoms with van der Waals surface area (Å²) >= 11 is 1.46. The van der Waals surface area contributed by atoms with Gasteiger partial charge in [0.1, 0.15) is 0 Å². The predicted octanol–water partition coefficient (Wildman–Crippen LogP) is 3.87. The maximum Gasteiger partial charge on any atom is 0.417 e. The molecule has 0 fully saturated rings. The minimum atomic E-state index is -4.55. The summed E-state index contributed by atoms with van der Waals surface area (Å²) in [6.45, 7) is 3.91. The predicted molar refractivity (Wildman–Crippen MR) is 73.8 cm³/mol. The highest BCUT2D eigenvalue weighted by molar-refractivity contribution is 8.14. The molecule has 7 heteroatoms. The quantitative estimate of drug-likeness (QED) is 0.856. The first-order valence-corrected chi connectivity index (χ1v) is 6.81. The van der Waals surface area contributed by atoms with Crippen molar-refractivity contribution < 1.29 is 13.2 Å². The Labute approximate surface area is 118 Å². The number of aliphatic imine (C=N–C) groups is 1. The number of nitriles is 1. The zero-order chi connectivity index (χ0) is 15.0. The summed E-state index contributed by atoms with van der Waals surface area (Å²) in [6, 6.07) is 5.10. The van der Waals surface area contributed by atoms with E-state index in [1.165, 1.54) is 17.8 Å². The van der Waals surface area contributed by atoms with E-state index in [1.807, 2.05) is 13.8 Å². The summed E-state index contributed by atoms with van der Waals surface area (Å²) in [5, 5.41) is 12.2. The molecule has 1 aliphatic rings. The van der Waals surface area contributed by atoms with Crippen LogP contribution in [0.1, 0.15) is 25.0 Å². The molecule has 0 aliphatic carbocycles. The van der Waals surface area contributed by atoms with E-state index in [2.05, 4.69) is 10.3 Å². The molecule has 3 nitrogen and oxygen atoms in total. The maximum atomic E-state index is 12.8. The summed E-state index contributed by atoms with van der Waals surface area (Å²) < 4.78 is 38.5. The van der Waals surface area contributed by atoms with Gasteiger partial charge in [-0.25, -0.2) is 0 Å². The fraction of sp³-hybridized carbons (Fsp3) is 0.385. The minimum absolute atomic E-state index is 0.216. The van der Waals surface area contributed by atoms with Crippen molar-refractivity contribution in [1.29, 1.82) is 5.26 Å². The molecule has 0 radical (unpaired) electrons. The van der Waals surface area contributed by atoms with Crippen molar-refractivity contribution >= 4 is 22.6 Å². The number of anilines is 1. The average Bonchev–Trinajstić information content (AvgIpc) is 2.67. The van der Waals surface area contributed by atoms with Gasteiger partial charge in [-0.3, -0.25) is 4.99 Å². The van der Waals surface area contributed by atoms with Crippen LogP contribution >= 0.6 is 11.8 Å². The molecular formula is C13H12F3N3S. The van der Waals surface area contributed by atoms with E-state index in [0.717, 1.165) is 17.9 Å². The van der Waals surface area contributed by atoms with Crippen molar-refractivity contribution in [3.05, 3.63) is 29.3 Å². The van der Waals surface area contributed by atoms with E-state index in [1.54, 1.807) is 6.07 Å². The van der Waals surface area contributed by atoms with Gasteiger partial charge in [0.2, 0.25) is 0 Å². The first-order valence-electron chi connectivity index (χ1n) is 5.82. The Bertz CT molecular complexity index is 600. The molecular weight excluding hydrogens is 287 g/mol. The fourth-order valence-electron chi connectivity index (χ4n) is 1.73. The zero-order valence-electron chi connectivity index (χ0n) is 10.9. The number of nitrogens with one attached hydrogen (secondary N) is 1. The standard InChI is InChI=1S/C13H12F3N3S/c1-12(2)7-20-11(19-12)18-9-4-3-8(6-17)10(5-9)13(14,15)16/h3-5H,7H2,1-2H3,(H,18,19). The Morgan fingerprint density at radius 2 is 2.10 bits per heavy atom. The second kappa shape index (κ2) is 5.02. The molecule has 1 heterocycles. The highest BCUT2D eigenvalue weighted by atomic mass is 32.2. The van der Waals surface area contributed by atoms with Crippen molar-refractivity contribution in [2.45, 2.75) is 25.6 Å².